The van der Waals surface area contributed by atoms with E-state index in [0.717, 1.165) is 25.7 Å². The summed E-state index contributed by atoms with van der Waals surface area (Å²) in [6, 6.07) is -0.130. The number of carboxylic acids is 1. The Hall–Kier alpha value is -2.11. The van der Waals surface area contributed by atoms with Gasteiger partial charge in [0.15, 0.2) is 0 Å². The van der Waals surface area contributed by atoms with Crippen LogP contribution in [0.2, 0.25) is 0 Å². The highest BCUT2D eigenvalue weighted by Gasteiger charge is 2.14. The van der Waals surface area contributed by atoms with Crippen molar-refractivity contribution < 1.29 is 24.2 Å². The minimum absolute atomic E-state index is 0.0326. The van der Waals surface area contributed by atoms with Gasteiger partial charge in [-0.25, -0.2) is 4.79 Å². The van der Waals surface area contributed by atoms with E-state index in [4.69, 9.17) is 5.11 Å². The minimum atomic E-state index is -0.951. The molecule has 0 fully saturated rings. The summed E-state index contributed by atoms with van der Waals surface area (Å²) in [7, 11) is 1.38. The Morgan fingerprint density at radius 1 is 1.23 bits per heavy atom. The number of ether oxygens (including phenoxy) is 1. The number of nitrogens with one attached hydrogen (secondary N) is 1. The van der Waals surface area contributed by atoms with Crippen molar-refractivity contribution in [3.8, 4) is 0 Å². The Balaban J connectivity index is 2.09. The molecular formula is C16H23NO5. The van der Waals surface area contributed by atoms with Crippen molar-refractivity contribution in [2.45, 2.75) is 51.0 Å². The van der Waals surface area contributed by atoms with Crippen LogP contribution in [0.1, 0.15) is 44.9 Å². The van der Waals surface area contributed by atoms with Crippen molar-refractivity contribution in [2.75, 3.05) is 7.11 Å². The Morgan fingerprint density at radius 3 is 2.45 bits per heavy atom. The lowest BCUT2D eigenvalue weighted by Crippen LogP contribution is -2.33. The first kappa shape index (κ1) is 17.9. The first-order valence-corrected chi connectivity index (χ1v) is 7.50. The molecule has 0 aliphatic heterocycles. The molecule has 1 unspecified atom stereocenters. The number of carbonyl (C=O) groups is 3. The van der Waals surface area contributed by atoms with Gasteiger partial charge in [-0.2, -0.15) is 0 Å². The molecule has 0 bridgehead atoms. The second-order valence-corrected chi connectivity index (χ2v) is 5.22. The van der Waals surface area contributed by atoms with Crippen LogP contribution in [-0.4, -0.2) is 36.1 Å². The normalized spacial score (nSPS) is 16.8. The molecule has 0 aromatic heterocycles. The van der Waals surface area contributed by atoms with Crippen molar-refractivity contribution in [1.29, 1.82) is 0 Å². The fraction of sp³-hybridized carbons (Fsp3) is 0.562. The van der Waals surface area contributed by atoms with Crippen LogP contribution in [0.4, 0.5) is 0 Å². The molecule has 1 aliphatic carbocycles. The maximum Gasteiger partial charge on any atom is 0.335 e. The fourth-order valence-electron chi connectivity index (χ4n) is 2.18. The molecule has 0 heterocycles. The first-order chi connectivity index (χ1) is 10.5. The van der Waals surface area contributed by atoms with E-state index < -0.39 is 5.97 Å². The van der Waals surface area contributed by atoms with Crippen molar-refractivity contribution in [3.05, 3.63) is 23.8 Å². The van der Waals surface area contributed by atoms with E-state index in [1.807, 2.05) is 0 Å². The van der Waals surface area contributed by atoms with Gasteiger partial charge in [0.2, 0.25) is 5.91 Å². The lowest BCUT2D eigenvalue weighted by molar-refractivity contribution is -0.140. The second kappa shape index (κ2) is 9.76. The number of amides is 1. The van der Waals surface area contributed by atoms with Gasteiger partial charge >= 0.3 is 11.9 Å². The van der Waals surface area contributed by atoms with E-state index >= 15 is 0 Å². The molecule has 0 spiro atoms. The SMILES string of the molecule is COC(=O)CCCCCCC(=O)NC1C=CC(C(=O)O)=CC1. The summed E-state index contributed by atoms with van der Waals surface area (Å²) in [4.78, 5) is 33.4. The van der Waals surface area contributed by atoms with E-state index in [-0.39, 0.29) is 23.5 Å². The number of unbranched alkanes of at least 4 members (excludes halogenated alkanes) is 3. The monoisotopic (exact) mass is 309 g/mol. The van der Waals surface area contributed by atoms with Gasteiger partial charge in [-0.15, -0.1) is 0 Å². The Labute approximate surface area is 130 Å². The van der Waals surface area contributed by atoms with Crippen molar-refractivity contribution >= 4 is 17.8 Å². The lowest BCUT2D eigenvalue weighted by atomic mass is 10.0. The highest BCUT2D eigenvalue weighted by Crippen LogP contribution is 2.11. The topological polar surface area (TPSA) is 92.7 Å². The zero-order valence-corrected chi connectivity index (χ0v) is 12.8. The molecule has 1 atom stereocenters. The summed E-state index contributed by atoms with van der Waals surface area (Å²) in [5, 5.41) is 11.7. The van der Waals surface area contributed by atoms with Crippen LogP contribution >= 0.6 is 0 Å². The first-order valence-electron chi connectivity index (χ1n) is 7.50. The third-order valence-corrected chi connectivity index (χ3v) is 3.46. The molecule has 2 N–H and O–H groups in total. The molecule has 0 aromatic rings. The molecule has 6 nitrogen and oxygen atoms in total. The standard InChI is InChI=1S/C16H23NO5/c1-22-15(19)7-5-3-2-4-6-14(18)17-13-10-8-12(9-11-13)16(20)21/h8-10,13H,2-7,11H2,1H3,(H,17,18)(H,20,21). The van der Waals surface area contributed by atoms with Gasteiger partial charge in [0.1, 0.15) is 0 Å². The number of carboxylic acid groups (broad SMARTS) is 1. The second-order valence-electron chi connectivity index (χ2n) is 5.22. The van der Waals surface area contributed by atoms with Crippen LogP contribution in [0.25, 0.3) is 0 Å². The van der Waals surface area contributed by atoms with Crippen molar-refractivity contribution in [1.82, 2.24) is 5.32 Å². The van der Waals surface area contributed by atoms with Crippen LogP contribution in [0.3, 0.4) is 0 Å². The Morgan fingerprint density at radius 2 is 1.91 bits per heavy atom. The smallest absolute Gasteiger partial charge is 0.335 e. The summed E-state index contributed by atoms with van der Waals surface area (Å²) in [5.74, 6) is -1.18. The van der Waals surface area contributed by atoms with E-state index in [0.29, 0.717) is 19.3 Å². The predicted molar refractivity (Wildman–Crippen MR) is 81.1 cm³/mol. The fourth-order valence-corrected chi connectivity index (χ4v) is 2.18. The number of carbonyl (C=O) groups excluding carboxylic acids is 2. The number of rotatable bonds is 9. The van der Waals surface area contributed by atoms with Crippen LogP contribution in [0.5, 0.6) is 0 Å². The highest BCUT2D eigenvalue weighted by atomic mass is 16.5. The predicted octanol–water partition coefficient (Wildman–Crippen LogP) is 1.96. The molecule has 22 heavy (non-hydrogen) atoms. The third kappa shape index (κ3) is 7.06. The van der Waals surface area contributed by atoms with Crippen LogP contribution in [-0.2, 0) is 19.1 Å². The minimum Gasteiger partial charge on any atom is -0.478 e. The third-order valence-electron chi connectivity index (χ3n) is 3.46. The molecule has 0 aromatic carbocycles. The molecule has 0 saturated heterocycles. The van der Waals surface area contributed by atoms with Gasteiger partial charge in [-0.1, -0.05) is 25.0 Å². The summed E-state index contributed by atoms with van der Waals surface area (Å²) in [6.45, 7) is 0. The maximum absolute atomic E-state index is 11.8. The number of esters is 1. The maximum atomic E-state index is 11.8. The van der Waals surface area contributed by atoms with Gasteiger partial charge in [0.25, 0.3) is 0 Å². The van der Waals surface area contributed by atoms with Crippen LogP contribution in [0.15, 0.2) is 23.8 Å². The summed E-state index contributed by atoms with van der Waals surface area (Å²) >= 11 is 0. The average Bonchev–Trinajstić information content (AvgIpc) is 2.50. The highest BCUT2D eigenvalue weighted by molar-refractivity contribution is 5.90. The molecule has 0 radical (unpaired) electrons. The number of hydrogen-bond donors (Lipinski definition) is 2. The van der Waals surface area contributed by atoms with Gasteiger partial charge in [-0.05, 0) is 25.3 Å². The Kier molecular flexibility index (Phi) is 7.96. The zero-order chi connectivity index (χ0) is 16.4. The van der Waals surface area contributed by atoms with Gasteiger partial charge < -0.3 is 15.2 Å². The average molecular weight is 309 g/mol. The van der Waals surface area contributed by atoms with Crippen LogP contribution < -0.4 is 5.32 Å². The lowest BCUT2D eigenvalue weighted by Gasteiger charge is -2.16. The summed E-state index contributed by atoms with van der Waals surface area (Å²) < 4.78 is 4.55. The zero-order valence-electron chi connectivity index (χ0n) is 12.8. The molecule has 1 rings (SSSR count). The van der Waals surface area contributed by atoms with Gasteiger partial charge in [0.05, 0.1) is 18.7 Å². The summed E-state index contributed by atoms with van der Waals surface area (Å²) in [6.07, 6.45) is 9.56. The molecule has 6 heteroatoms. The van der Waals surface area contributed by atoms with E-state index in [1.54, 1.807) is 12.2 Å². The number of aliphatic carboxylic acids is 1. The molecule has 1 amide bonds. The number of hydrogen-bond acceptors (Lipinski definition) is 4. The van der Waals surface area contributed by atoms with E-state index in [1.165, 1.54) is 13.2 Å². The van der Waals surface area contributed by atoms with Crippen molar-refractivity contribution in [2.24, 2.45) is 0 Å². The van der Waals surface area contributed by atoms with E-state index in [9.17, 15) is 14.4 Å². The Bertz CT molecular complexity index is 467. The van der Waals surface area contributed by atoms with Crippen LogP contribution in [0, 0.1) is 0 Å². The van der Waals surface area contributed by atoms with Crippen molar-refractivity contribution in [3.63, 3.8) is 0 Å². The largest absolute Gasteiger partial charge is 0.478 e. The molecule has 0 saturated carbocycles. The molecular weight excluding hydrogens is 286 g/mol. The number of methoxy groups -OCH3 is 1. The molecule has 122 valence electrons. The quantitative estimate of drug-likeness (QED) is 0.501. The van der Waals surface area contributed by atoms with E-state index in [2.05, 4.69) is 10.1 Å². The van der Waals surface area contributed by atoms with Gasteiger partial charge in [0, 0.05) is 12.8 Å². The summed E-state index contributed by atoms with van der Waals surface area (Å²) in [5.41, 5.74) is 0.260. The molecule has 1 aliphatic rings. The van der Waals surface area contributed by atoms with Gasteiger partial charge in [-0.3, -0.25) is 9.59 Å².